The molecule has 0 fully saturated rings. The van der Waals surface area contributed by atoms with Crippen LogP contribution >= 0.6 is 0 Å². The minimum Gasteiger partial charge on any atom is -0.493 e. The number of hydrazone groups is 1. The highest BCUT2D eigenvalue weighted by Gasteiger charge is 2.34. The Morgan fingerprint density at radius 2 is 1.89 bits per heavy atom. The van der Waals surface area contributed by atoms with Gasteiger partial charge in [0.15, 0.2) is 0 Å². The lowest BCUT2D eigenvalue weighted by Crippen LogP contribution is -2.34. The molecule has 1 atom stereocenters. The van der Waals surface area contributed by atoms with Crippen LogP contribution in [-0.4, -0.2) is 36.6 Å². The highest BCUT2D eigenvalue weighted by Crippen LogP contribution is 2.37. The molecule has 0 amide bonds. The summed E-state index contributed by atoms with van der Waals surface area (Å²) in [6, 6.07) is 3.45. The zero-order valence-corrected chi connectivity index (χ0v) is 16.7. The molecular weight excluding hydrogens is 371 g/mol. The van der Waals surface area contributed by atoms with E-state index >= 15 is 0 Å². The van der Waals surface area contributed by atoms with E-state index in [4.69, 9.17) is 15.6 Å². The Bertz CT molecular complexity index is 607. The third kappa shape index (κ3) is 8.93. The van der Waals surface area contributed by atoms with Gasteiger partial charge in [0.25, 0.3) is 0 Å². The average Bonchev–Trinajstić information content (AvgIpc) is 2.66. The SMILES string of the molecule is CCCCCCCCOc1ccc(/C(C)=N/NCC(N)CO)cc1C(F)(F)F. The lowest BCUT2D eigenvalue weighted by atomic mass is 10.1. The lowest BCUT2D eigenvalue weighted by Gasteiger charge is -2.16. The van der Waals surface area contributed by atoms with Crippen LogP contribution in [0.5, 0.6) is 5.75 Å². The number of aliphatic hydroxyl groups is 1. The van der Waals surface area contributed by atoms with E-state index in [0.29, 0.717) is 11.3 Å². The first-order chi connectivity index (χ1) is 13.3. The number of alkyl halides is 3. The molecule has 0 bridgehead atoms. The first-order valence-corrected chi connectivity index (χ1v) is 9.77. The second-order valence-corrected chi connectivity index (χ2v) is 6.83. The van der Waals surface area contributed by atoms with Gasteiger partial charge < -0.3 is 21.0 Å². The molecule has 1 rings (SSSR count). The maximum atomic E-state index is 13.4. The number of hydrogen-bond acceptors (Lipinski definition) is 5. The van der Waals surface area contributed by atoms with Crippen molar-refractivity contribution in [1.29, 1.82) is 0 Å². The van der Waals surface area contributed by atoms with Gasteiger partial charge in [0, 0.05) is 6.04 Å². The molecule has 0 heterocycles. The standard InChI is InChI=1S/C20H32F3N3O2/c1-3-4-5-6-7-8-11-28-19-10-9-16(12-18(19)20(21,22)23)15(2)26-25-13-17(24)14-27/h9-10,12,17,25,27H,3-8,11,13-14,24H2,1-2H3/b26-15+. The van der Waals surface area contributed by atoms with Gasteiger partial charge in [-0.3, -0.25) is 0 Å². The zero-order chi connectivity index (χ0) is 21.0. The van der Waals surface area contributed by atoms with Gasteiger partial charge in [0.05, 0.1) is 31.0 Å². The van der Waals surface area contributed by atoms with Crippen molar-refractivity contribution in [2.24, 2.45) is 10.8 Å². The van der Waals surface area contributed by atoms with E-state index in [1.807, 2.05) is 0 Å². The van der Waals surface area contributed by atoms with Crippen molar-refractivity contribution in [3.05, 3.63) is 29.3 Å². The first-order valence-electron chi connectivity index (χ1n) is 9.77. The number of nitrogens with zero attached hydrogens (tertiary/aromatic N) is 1. The molecule has 1 aromatic carbocycles. The summed E-state index contributed by atoms with van der Waals surface area (Å²) < 4.78 is 45.7. The number of unbranched alkanes of at least 4 members (excludes halogenated alkanes) is 5. The fraction of sp³-hybridized carbons (Fsp3) is 0.650. The third-order valence-electron chi connectivity index (χ3n) is 4.29. The predicted molar refractivity (Wildman–Crippen MR) is 106 cm³/mol. The van der Waals surface area contributed by atoms with E-state index in [1.54, 1.807) is 13.0 Å². The first kappa shape index (κ1) is 24.2. The summed E-state index contributed by atoms with van der Waals surface area (Å²) in [5, 5.41) is 12.9. The summed E-state index contributed by atoms with van der Waals surface area (Å²) in [6.45, 7) is 4.02. The topological polar surface area (TPSA) is 79.9 Å². The molecule has 0 spiro atoms. The van der Waals surface area contributed by atoms with Crippen LogP contribution in [-0.2, 0) is 6.18 Å². The van der Waals surface area contributed by atoms with Gasteiger partial charge in [-0.15, -0.1) is 0 Å². The molecule has 4 N–H and O–H groups in total. The van der Waals surface area contributed by atoms with Crippen molar-refractivity contribution < 1.29 is 23.0 Å². The molecule has 0 radical (unpaired) electrons. The Balaban J connectivity index is 2.73. The fourth-order valence-electron chi connectivity index (χ4n) is 2.58. The van der Waals surface area contributed by atoms with Crippen LogP contribution in [0.2, 0.25) is 0 Å². The van der Waals surface area contributed by atoms with Gasteiger partial charge in [-0.1, -0.05) is 39.0 Å². The molecule has 1 unspecified atom stereocenters. The van der Waals surface area contributed by atoms with Crippen molar-refractivity contribution >= 4 is 5.71 Å². The third-order valence-corrected chi connectivity index (χ3v) is 4.29. The van der Waals surface area contributed by atoms with Gasteiger partial charge in [-0.05, 0) is 37.1 Å². The highest BCUT2D eigenvalue weighted by atomic mass is 19.4. The van der Waals surface area contributed by atoms with Crippen LogP contribution in [0, 0.1) is 0 Å². The van der Waals surface area contributed by atoms with E-state index in [1.165, 1.54) is 12.5 Å². The smallest absolute Gasteiger partial charge is 0.419 e. The Morgan fingerprint density at radius 3 is 2.54 bits per heavy atom. The molecule has 8 heteroatoms. The number of benzene rings is 1. The van der Waals surface area contributed by atoms with Crippen molar-refractivity contribution in [2.75, 3.05) is 19.8 Å². The summed E-state index contributed by atoms with van der Waals surface area (Å²) >= 11 is 0. The van der Waals surface area contributed by atoms with Gasteiger partial charge in [0.1, 0.15) is 5.75 Å². The Hall–Kier alpha value is -1.80. The summed E-state index contributed by atoms with van der Waals surface area (Å²) in [4.78, 5) is 0. The zero-order valence-electron chi connectivity index (χ0n) is 16.7. The Labute approximate surface area is 165 Å². The van der Waals surface area contributed by atoms with Gasteiger partial charge >= 0.3 is 6.18 Å². The average molecular weight is 403 g/mol. The molecule has 1 aromatic rings. The van der Waals surface area contributed by atoms with Crippen molar-refractivity contribution in [2.45, 2.75) is 64.6 Å². The summed E-state index contributed by atoms with van der Waals surface area (Å²) in [7, 11) is 0. The molecule has 0 aromatic heterocycles. The van der Waals surface area contributed by atoms with Gasteiger partial charge in [-0.2, -0.15) is 18.3 Å². The number of hydrogen-bond donors (Lipinski definition) is 3. The summed E-state index contributed by atoms with van der Waals surface area (Å²) in [5.41, 5.74) is 8.12. The lowest BCUT2D eigenvalue weighted by molar-refractivity contribution is -0.139. The maximum absolute atomic E-state index is 13.4. The van der Waals surface area contributed by atoms with Crippen molar-refractivity contribution in [3.63, 3.8) is 0 Å². The van der Waals surface area contributed by atoms with Crippen LogP contribution in [0.15, 0.2) is 23.3 Å². The second kappa shape index (κ2) is 12.6. The van der Waals surface area contributed by atoms with Crippen LogP contribution in [0.4, 0.5) is 13.2 Å². The highest BCUT2D eigenvalue weighted by molar-refractivity contribution is 5.98. The number of nitrogens with two attached hydrogens (primary N) is 1. The summed E-state index contributed by atoms with van der Waals surface area (Å²) in [6.07, 6.45) is 1.73. The van der Waals surface area contributed by atoms with Crippen molar-refractivity contribution in [1.82, 2.24) is 5.43 Å². The molecule has 0 aliphatic carbocycles. The van der Waals surface area contributed by atoms with Crippen LogP contribution in [0.25, 0.3) is 0 Å². The number of rotatable bonds is 13. The minimum atomic E-state index is -4.51. The molecule has 0 saturated heterocycles. The maximum Gasteiger partial charge on any atom is 0.419 e. The number of nitrogens with one attached hydrogen (secondary N) is 1. The molecular formula is C20H32F3N3O2. The minimum absolute atomic E-state index is 0.159. The number of ether oxygens (including phenoxy) is 1. The van der Waals surface area contributed by atoms with E-state index in [9.17, 15) is 13.2 Å². The van der Waals surface area contributed by atoms with E-state index < -0.39 is 17.8 Å². The second-order valence-electron chi connectivity index (χ2n) is 6.83. The van der Waals surface area contributed by atoms with E-state index in [-0.39, 0.29) is 25.5 Å². The predicted octanol–water partition coefficient (Wildman–Crippen LogP) is 4.08. The number of halogens is 3. The molecule has 160 valence electrons. The molecule has 28 heavy (non-hydrogen) atoms. The Morgan fingerprint density at radius 1 is 1.21 bits per heavy atom. The molecule has 0 saturated carbocycles. The van der Waals surface area contributed by atoms with E-state index in [2.05, 4.69) is 17.5 Å². The summed E-state index contributed by atoms with van der Waals surface area (Å²) in [5.74, 6) is -0.159. The van der Waals surface area contributed by atoms with Crippen LogP contribution in [0.1, 0.15) is 63.5 Å². The molecule has 0 aliphatic heterocycles. The normalized spacial score (nSPS) is 13.5. The Kier molecular flexibility index (Phi) is 10.9. The van der Waals surface area contributed by atoms with Crippen LogP contribution in [0.3, 0.4) is 0 Å². The quantitative estimate of drug-likeness (QED) is 0.263. The molecule has 5 nitrogen and oxygen atoms in total. The van der Waals surface area contributed by atoms with Gasteiger partial charge in [-0.25, -0.2) is 0 Å². The molecule has 0 aliphatic rings. The fourth-order valence-corrected chi connectivity index (χ4v) is 2.58. The van der Waals surface area contributed by atoms with Crippen molar-refractivity contribution in [3.8, 4) is 5.75 Å². The number of aliphatic hydroxyl groups excluding tert-OH is 1. The van der Waals surface area contributed by atoms with Crippen LogP contribution < -0.4 is 15.9 Å². The van der Waals surface area contributed by atoms with Gasteiger partial charge in [0.2, 0.25) is 0 Å². The van der Waals surface area contributed by atoms with E-state index in [0.717, 1.165) is 38.2 Å². The largest absolute Gasteiger partial charge is 0.493 e. The monoisotopic (exact) mass is 403 g/mol.